The van der Waals surface area contributed by atoms with Crippen molar-refractivity contribution in [1.82, 2.24) is 0 Å². The van der Waals surface area contributed by atoms with Gasteiger partial charge in [-0.05, 0) is 24.3 Å². The first-order valence-electron chi connectivity index (χ1n) is 6.64. The van der Waals surface area contributed by atoms with Gasteiger partial charge >= 0.3 is 0 Å². The van der Waals surface area contributed by atoms with E-state index in [0.29, 0.717) is 0 Å². The lowest BCUT2D eigenvalue weighted by molar-refractivity contribution is -0.161. The zero-order valence-corrected chi connectivity index (χ0v) is 16.9. The third kappa shape index (κ3) is 4.22. The van der Waals surface area contributed by atoms with Crippen LogP contribution in [0.25, 0.3) is 0 Å². The first-order valence-corrected chi connectivity index (χ1v) is 9.97. The van der Waals surface area contributed by atoms with Crippen LogP contribution in [0.15, 0.2) is 33.6 Å². The second-order valence-corrected chi connectivity index (χ2v) is 11.0. The van der Waals surface area contributed by atoms with Crippen LogP contribution in [-0.2, 0) is 19.1 Å². The van der Waals surface area contributed by atoms with Crippen molar-refractivity contribution in [2.24, 2.45) is 11.3 Å². The Hall–Kier alpha value is 0.150. The average Bonchev–Trinajstić information content (AvgIpc) is 2.41. The Morgan fingerprint density at radius 3 is 2.17 bits per heavy atom. The van der Waals surface area contributed by atoms with Crippen molar-refractivity contribution in [1.29, 1.82) is 0 Å². The fourth-order valence-corrected chi connectivity index (χ4v) is 4.46. The summed E-state index contributed by atoms with van der Waals surface area (Å²) < 4.78 is 28.9. The van der Waals surface area contributed by atoms with Gasteiger partial charge in [-0.2, -0.15) is 8.42 Å². The maximum absolute atomic E-state index is 12.3. The summed E-state index contributed by atoms with van der Waals surface area (Å²) in [5.74, 6) is -0.942. The molecule has 1 aliphatic rings. The van der Waals surface area contributed by atoms with E-state index in [0.717, 1.165) is 4.47 Å². The van der Waals surface area contributed by atoms with Gasteiger partial charge in [-0.1, -0.05) is 64.6 Å². The van der Waals surface area contributed by atoms with E-state index >= 15 is 0 Å². The molecule has 0 aliphatic heterocycles. The van der Waals surface area contributed by atoms with Crippen LogP contribution in [0.1, 0.15) is 20.3 Å². The van der Waals surface area contributed by atoms with Gasteiger partial charge in [0.15, 0.2) is 9.58 Å². The highest BCUT2D eigenvalue weighted by Gasteiger charge is 2.60. The van der Waals surface area contributed by atoms with E-state index in [4.69, 9.17) is 39.0 Å². The number of hydrogen-bond donors (Lipinski definition) is 0. The summed E-state index contributed by atoms with van der Waals surface area (Å²) in [6.45, 7) is 3.44. The lowest BCUT2D eigenvalue weighted by Crippen LogP contribution is -2.61. The van der Waals surface area contributed by atoms with Crippen molar-refractivity contribution < 1.29 is 17.4 Å². The summed E-state index contributed by atoms with van der Waals surface area (Å²) in [4.78, 5) is 12.2. The van der Waals surface area contributed by atoms with E-state index in [1.165, 1.54) is 12.1 Å². The van der Waals surface area contributed by atoms with Gasteiger partial charge in [-0.15, -0.1) is 0 Å². The number of benzene rings is 1. The Morgan fingerprint density at radius 2 is 1.74 bits per heavy atom. The molecule has 0 N–H and O–H groups in total. The Bertz CT molecular complexity index is 711. The molecule has 2 atom stereocenters. The monoisotopic (exact) mass is 462 g/mol. The molecule has 1 aromatic carbocycles. The number of carbonyl (C=O) groups is 1. The van der Waals surface area contributed by atoms with E-state index in [1.54, 1.807) is 26.0 Å². The van der Waals surface area contributed by atoms with Crippen LogP contribution in [0.5, 0.6) is 0 Å². The smallest absolute Gasteiger partial charge is 0.296 e. The van der Waals surface area contributed by atoms with Crippen LogP contribution in [0.4, 0.5) is 0 Å². The molecule has 0 radical (unpaired) electrons. The largest absolute Gasteiger partial charge is 0.297 e. The topological polar surface area (TPSA) is 60.4 Å². The van der Waals surface area contributed by atoms with E-state index in [-0.39, 0.29) is 17.1 Å². The van der Waals surface area contributed by atoms with Crippen LogP contribution in [0.2, 0.25) is 0 Å². The summed E-state index contributed by atoms with van der Waals surface area (Å²) >= 11 is 20.4. The predicted octanol–water partition coefficient (Wildman–Crippen LogP) is 4.51. The Balaban J connectivity index is 2.18. The minimum absolute atomic E-state index is 0.0156. The normalized spacial score (nSPS) is 24.3. The fraction of sp³-hybridized carbons (Fsp3) is 0.500. The molecular weight excluding hydrogens is 450 g/mol. The molecule has 1 fully saturated rings. The molecule has 1 aromatic rings. The number of rotatable bonds is 4. The van der Waals surface area contributed by atoms with Crippen LogP contribution in [0.3, 0.4) is 0 Å². The molecule has 0 spiro atoms. The van der Waals surface area contributed by atoms with Gasteiger partial charge in [0.1, 0.15) is 6.10 Å². The molecule has 2 unspecified atom stereocenters. The molecule has 0 bridgehead atoms. The summed E-state index contributed by atoms with van der Waals surface area (Å²) in [5.41, 5.74) is -0.747. The van der Waals surface area contributed by atoms with Crippen molar-refractivity contribution in [3.63, 3.8) is 0 Å². The highest BCUT2D eigenvalue weighted by atomic mass is 79.9. The van der Waals surface area contributed by atoms with Gasteiger partial charge in [-0.25, -0.2) is 0 Å². The minimum Gasteiger partial charge on any atom is -0.296 e. The minimum atomic E-state index is -4.05. The third-order valence-corrected chi connectivity index (χ3v) is 6.22. The van der Waals surface area contributed by atoms with Crippen LogP contribution in [-0.4, -0.2) is 24.1 Å². The molecular formula is C14H14BrCl3O4S. The molecule has 0 saturated heterocycles. The fourth-order valence-electron chi connectivity index (χ4n) is 2.55. The molecule has 0 amide bonds. The van der Waals surface area contributed by atoms with Crippen LogP contribution >= 0.6 is 50.7 Å². The highest BCUT2D eigenvalue weighted by molar-refractivity contribution is 9.10. The number of carbonyl (C=O) groups excluding carboxylic acids is 1. The average molecular weight is 465 g/mol. The quantitative estimate of drug-likeness (QED) is 0.486. The van der Waals surface area contributed by atoms with E-state index in [9.17, 15) is 13.2 Å². The predicted molar refractivity (Wildman–Crippen MR) is 93.4 cm³/mol. The number of alkyl halides is 3. The van der Waals surface area contributed by atoms with Crippen LogP contribution in [0, 0.1) is 11.3 Å². The van der Waals surface area contributed by atoms with Crippen LogP contribution < -0.4 is 0 Å². The molecule has 1 saturated carbocycles. The van der Waals surface area contributed by atoms with Gasteiger partial charge in [0.2, 0.25) is 0 Å². The Morgan fingerprint density at radius 1 is 1.22 bits per heavy atom. The number of hydrogen-bond acceptors (Lipinski definition) is 4. The first kappa shape index (κ1) is 19.5. The molecule has 9 heteroatoms. The third-order valence-electron chi connectivity index (χ3n) is 3.94. The van der Waals surface area contributed by atoms with Crippen molar-refractivity contribution in [3.8, 4) is 0 Å². The van der Waals surface area contributed by atoms with E-state index in [1.807, 2.05) is 0 Å². The Labute approximate surface area is 158 Å². The molecule has 4 nitrogen and oxygen atoms in total. The zero-order chi connectivity index (χ0) is 17.6. The van der Waals surface area contributed by atoms with Gasteiger partial charge in [0.25, 0.3) is 10.1 Å². The standard InChI is InChI=1S/C14H14BrCl3O4S/c1-13(2)10(7-14(16,17)18)11(19)12(13)22-23(20,21)9-5-3-8(15)4-6-9/h3-6,10,12H,7H2,1-2H3. The lowest BCUT2D eigenvalue weighted by atomic mass is 9.58. The molecule has 1 aliphatic carbocycles. The Kier molecular flexibility index (Phi) is 5.47. The van der Waals surface area contributed by atoms with Gasteiger partial charge in [0, 0.05) is 22.2 Å². The molecule has 128 valence electrons. The summed E-state index contributed by atoms with van der Waals surface area (Å²) in [6.07, 6.45) is -1.07. The molecule has 0 aromatic heterocycles. The van der Waals surface area contributed by atoms with Gasteiger partial charge in [-0.3, -0.25) is 8.98 Å². The second-order valence-electron chi connectivity index (χ2n) is 5.98. The first-order chi connectivity index (χ1) is 10.3. The summed E-state index contributed by atoms with van der Waals surface area (Å²) in [7, 11) is -4.05. The number of ketones is 1. The van der Waals surface area contributed by atoms with Gasteiger partial charge < -0.3 is 0 Å². The number of Topliss-reactive ketones (excluding diaryl/α,β-unsaturated/α-hetero) is 1. The zero-order valence-electron chi connectivity index (χ0n) is 12.2. The van der Waals surface area contributed by atoms with Gasteiger partial charge in [0.05, 0.1) is 4.90 Å². The van der Waals surface area contributed by atoms with Crippen molar-refractivity contribution in [2.45, 2.75) is 35.1 Å². The van der Waals surface area contributed by atoms with E-state index in [2.05, 4.69) is 15.9 Å². The molecule has 2 rings (SSSR count). The van der Waals surface area contributed by atoms with E-state index < -0.39 is 31.3 Å². The van der Waals surface area contributed by atoms with Crippen molar-refractivity contribution >= 4 is 66.6 Å². The maximum atomic E-state index is 12.3. The van der Waals surface area contributed by atoms with Crippen molar-refractivity contribution in [3.05, 3.63) is 28.7 Å². The van der Waals surface area contributed by atoms with Crippen molar-refractivity contribution in [2.75, 3.05) is 0 Å². The maximum Gasteiger partial charge on any atom is 0.297 e. The summed E-state index contributed by atoms with van der Waals surface area (Å²) in [5, 5.41) is 0. The number of halogens is 4. The second kappa shape index (κ2) is 6.46. The molecule has 0 heterocycles. The summed E-state index contributed by atoms with van der Waals surface area (Å²) in [6, 6.07) is 5.95. The SMILES string of the molecule is CC1(C)C(CC(Cl)(Cl)Cl)C(=O)C1OS(=O)(=O)c1ccc(Br)cc1. The molecule has 23 heavy (non-hydrogen) atoms. The highest BCUT2D eigenvalue weighted by Crippen LogP contribution is 2.52. The lowest BCUT2D eigenvalue weighted by Gasteiger charge is -2.49.